The summed E-state index contributed by atoms with van der Waals surface area (Å²) in [6, 6.07) is 7.67. The van der Waals surface area contributed by atoms with Gasteiger partial charge in [0.15, 0.2) is 5.13 Å². The minimum Gasteiger partial charge on any atom is -0.341 e. The molecule has 34 heavy (non-hydrogen) atoms. The van der Waals surface area contributed by atoms with Crippen molar-refractivity contribution < 1.29 is 9.59 Å². The van der Waals surface area contributed by atoms with Crippen molar-refractivity contribution in [2.24, 2.45) is 11.8 Å². The zero-order valence-corrected chi connectivity index (χ0v) is 20.8. The molecular weight excluding hydrogens is 470 g/mol. The van der Waals surface area contributed by atoms with E-state index in [2.05, 4.69) is 29.1 Å². The highest BCUT2D eigenvalue weighted by molar-refractivity contribution is 7.23. The molecule has 1 N–H and O–H groups in total. The molecule has 176 valence electrons. The fourth-order valence-corrected chi connectivity index (χ4v) is 6.58. The summed E-state index contributed by atoms with van der Waals surface area (Å²) in [7, 11) is 0. The van der Waals surface area contributed by atoms with Gasteiger partial charge in [0, 0.05) is 13.1 Å². The Kier molecular flexibility index (Phi) is 5.95. The summed E-state index contributed by atoms with van der Waals surface area (Å²) >= 11 is 2.57. The van der Waals surface area contributed by atoms with Crippen molar-refractivity contribution in [2.45, 2.75) is 33.7 Å². The van der Waals surface area contributed by atoms with Gasteiger partial charge in [-0.25, -0.2) is 9.97 Å². The van der Waals surface area contributed by atoms with Gasteiger partial charge in [-0.05, 0) is 42.9 Å². The Hall–Kier alpha value is -3.11. The highest BCUT2D eigenvalue weighted by atomic mass is 32.1. The third-order valence-electron chi connectivity index (χ3n) is 6.17. The number of nitrogens with zero attached hydrogens (tertiary/aromatic N) is 4. The molecule has 1 aliphatic heterocycles. The first-order valence-electron chi connectivity index (χ1n) is 11.2. The molecule has 2 atom stereocenters. The third-order valence-corrected chi connectivity index (χ3v) is 8.32. The van der Waals surface area contributed by atoms with Gasteiger partial charge in [0.2, 0.25) is 5.91 Å². The lowest BCUT2D eigenvalue weighted by atomic mass is 9.92. The Morgan fingerprint density at radius 2 is 1.88 bits per heavy atom. The van der Waals surface area contributed by atoms with E-state index in [1.165, 1.54) is 33.6 Å². The predicted octanol–water partition coefficient (Wildman–Crippen LogP) is 4.13. The summed E-state index contributed by atoms with van der Waals surface area (Å²) < 4.78 is 2.33. The van der Waals surface area contributed by atoms with Crippen molar-refractivity contribution in [3.63, 3.8) is 0 Å². The molecular formula is C24H25N5O3S2. The van der Waals surface area contributed by atoms with Crippen LogP contribution < -0.4 is 10.9 Å². The SMILES string of the molecule is Cc1c(C(=O)Nc2nc3ccccc3s2)sc2ncn(CC(=O)N3CC(C)CC(C)C3)c(=O)c12. The molecule has 2 amide bonds. The van der Waals surface area contributed by atoms with Crippen LogP contribution in [0.5, 0.6) is 0 Å². The molecule has 4 aromatic rings. The number of nitrogens with one attached hydrogen (secondary N) is 1. The van der Waals surface area contributed by atoms with E-state index in [1.54, 1.807) is 6.92 Å². The maximum absolute atomic E-state index is 13.2. The molecule has 2 unspecified atom stereocenters. The van der Waals surface area contributed by atoms with Gasteiger partial charge >= 0.3 is 0 Å². The maximum Gasteiger partial charge on any atom is 0.267 e. The van der Waals surface area contributed by atoms with Crippen molar-refractivity contribution >= 4 is 60.1 Å². The van der Waals surface area contributed by atoms with Crippen LogP contribution in [0.15, 0.2) is 35.4 Å². The smallest absolute Gasteiger partial charge is 0.267 e. The number of aromatic nitrogens is 3. The average molecular weight is 496 g/mol. The van der Waals surface area contributed by atoms with Gasteiger partial charge in [0.1, 0.15) is 11.4 Å². The van der Waals surface area contributed by atoms with Crippen molar-refractivity contribution in [3.8, 4) is 0 Å². The standard InChI is InChI=1S/C24H25N5O3S2/c1-13-8-14(2)10-28(9-13)18(30)11-29-12-25-22-19(23(29)32)15(3)20(34-22)21(31)27-24-26-16-6-4-5-7-17(16)33-24/h4-7,12-14H,8-11H2,1-3H3,(H,26,27,31). The van der Waals surface area contributed by atoms with Crippen LogP contribution in [0.1, 0.15) is 35.5 Å². The first-order chi connectivity index (χ1) is 16.3. The molecule has 1 saturated heterocycles. The van der Waals surface area contributed by atoms with Crippen molar-refractivity contribution in [2.75, 3.05) is 18.4 Å². The van der Waals surface area contributed by atoms with Gasteiger partial charge < -0.3 is 4.90 Å². The number of rotatable bonds is 4. The minimum atomic E-state index is -0.321. The zero-order chi connectivity index (χ0) is 24.0. The molecule has 0 aliphatic carbocycles. The van der Waals surface area contributed by atoms with Gasteiger partial charge in [0.25, 0.3) is 11.5 Å². The van der Waals surface area contributed by atoms with E-state index in [0.717, 1.165) is 16.6 Å². The van der Waals surface area contributed by atoms with Crippen LogP contribution in [0.3, 0.4) is 0 Å². The lowest BCUT2D eigenvalue weighted by Crippen LogP contribution is -2.44. The van der Waals surface area contributed by atoms with E-state index in [4.69, 9.17) is 0 Å². The number of piperidine rings is 1. The lowest BCUT2D eigenvalue weighted by molar-refractivity contribution is -0.134. The van der Waals surface area contributed by atoms with Crippen LogP contribution in [0.25, 0.3) is 20.4 Å². The Morgan fingerprint density at radius 1 is 1.15 bits per heavy atom. The first-order valence-corrected chi connectivity index (χ1v) is 12.9. The second-order valence-electron chi connectivity index (χ2n) is 9.10. The summed E-state index contributed by atoms with van der Waals surface area (Å²) in [6.07, 6.45) is 2.51. The van der Waals surface area contributed by atoms with Crippen LogP contribution >= 0.6 is 22.7 Å². The van der Waals surface area contributed by atoms with E-state index in [0.29, 0.717) is 50.7 Å². The Morgan fingerprint density at radius 3 is 2.62 bits per heavy atom. The quantitative estimate of drug-likeness (QED) is 0.459. The fraction of sp³-hybridized carbons (Fsp3) is 0.375. The van der Waals surface area contributed by atoms with Gasteiger partial charge in [0.05, 0.1) is 26.8 Å². The van der Waals surface area contributed by atoms with Crippen LogP contribution in [0, 0.1) is 18.8 Å². The number of para-hydroxylation sites is 1. The number of thiophene rings is 1. The fourth-order valence-electron chi connectivity index (χ4n) is 4.68. The Bertz CT molecular complexity index is 1430. The second kappa shape index (κ2) is 8.92. The van der Waals surface area contributed by atoms with Crippen LogP contribution in [0.2, 0.25) is 0 Å². The molecule has 8 nitrogen and oxygen atoms in total. The highest BCUT2D eigenvalue weighted by Gasteiger charge is 2.26. The number of carbonyl (C=O) groups excluding carboxylic acids is 2. The molecule has 0 saturated carbocycles. The molecule has 0 spiro atoms. The number of anilines is 1. The van der Waals surface area contributed by atoms with Gasteiger partial charge in [-0.3, -0.25) is 24.3 Å². The number of benzene rings is 1. The monoisotopic (exact) mass is 495 g/mol. The number of fused-ring (bicyclic) bond motifs is 2. The topological polar surface area (TPSA) is 97.2 Å². The number of hydrogen-bond acceptors (Lipinski definition) is 7. The predicted molar refractivity (Wildman–Crippen MR) is 136 cm³/mol. The molecule has 1 fully saturated rings. The van der Waals surface area contributed by atoms with E-state index >= 15 is 0 Å². The van der Waals surface area contributed by atoms with Gasteiger partial charge in [-0.15, -0.1) is 11.3 Å². The van der Waals surface area contributed by atoms with Crippen molar-refractivity contribution in [1.29, 1.82) is 0 Å². The number of amides is 2. The summed E-state index contributed by atoms with van der Waals surface area (Å²) in [6.45, 7) is 7.40. The largest absolute Gasteiger partial charge is 0.341 e. The molecule has 1 aliphatic rings. The van der Waals surface area contributed by atoms with E-state index in [1.807, 2.05) is 29.2 Å². The summed E-state index contributed by atoms with van der Waals surface area (Å²) in [4.78, 5) is 50.7. The molecule has 4 heterocycles. The number of hydrogen-bond donors (Lipinski definition) is 1. The Labute approximate surface area is 204 Å². The normalized spacial score (nSPS) is 18.5. The highest BCUT2D eigenvalue weighted by Crippen LogP contribution is 2.30. The van der Waals surface area contributed by atoms with Crippen molar-refractivity contribution in [3.05, 3.63) is 51.4 Å². The minimum absolute atomic E-state index is 0.0519. The van der Waals surface area contributed by atoms with E-state index in [9.17, 15) is 14.4 Å². The molecule has 1 aromatic carbocycles. The second-order valence-corrected chi connectivity index (χ2v) is 11.1. The van der Waals surface area contributed by atoms with Crippen LogP contribution in [-0.4, -0.2) is 44.3 Å². The summed E-state index contributed by atoms with van der Waals surface area (Å²) in [5.74, 6) is 0.488. The summed E-state index contributed by atoms with van der Waals surface area (Å²) in [5, 5.41) is 3.74. The number of thiazole rings is 1. The Balaban J connectivity index is 1.39. The van der Waals surface area contributed by atoms with E-state index in [-0.39, 0.29) is 23.9 Å². The van der Waals surface area contributed by atoms with Gasteiger partial charge in [-0.1, -0.05) is 37.3 Å². The lowest BCUT2D eigenvalue weighted by Gasteiger charge is -2.35. The number of carbonyl (C=O) groups is 2. The molecule has 0 bridgehead atoms. The van der Waals surface area contributed by atoms with E-state index < -0.39 is 0 Å². The molecule has 10 heteroatoms. The van der Waals surface area contributed by atoms with Crippen LogP contribution in [-0.2, 0) is 11.3 Å². The average Bonchev–Trinajstić information content (AvgIpc) is 3.35. The summed E-state index contributed by atoms with van der Waals surface area (Å²) in [5.41, 5.74) is 1.09. The maximum atomic E-state index is 13.2. The third kappa shape index (κ3) is 4.23. The number of aryl methyl sites for hydroxylation is 1. The van der Waals surface area contributed by atoms with Crippen molar-refractivity contribution in [1.82, 2.24) is 19.4 Å². The molecule has 3 aromatic heterocycles. The first kappa shape index (κ1) is 22.7. The van der Waals surface area contributed by atoms with Crippen LogP contribution in [0.4, 0.5) is 5.13 Å². The zero-order valence-electron chi connectivity index (χ0n) is 19.2. The number of likely N-dealkylation sites (tertiary alicyclic amines) is 1. The molecule has 5 rings (SSSR count). The molecule has 0 radical (unpaired) electrons. The van der Waals surface area contributed by atoms with Gasteiger partial charge in [-0.2, -0.15) is 0 Å².